The molecule has 0 saturated carbocycles. The maximum Gasteiger partial charge on any atom is 0.335 e. The molecular formula is C12H10N2O3. The van der Waals surface area contributed by atoms with Gasteiger partial charge in [0.05, 0.1) is 24.6 Å². The third-order valence-corrected chi connectivity index (χ3v) is 2.29. The molecule has 2 rings (SSSR count). The Morgan fingerprint density at radius 2 is 2.18 bits per heavy atom. The van der Waals surface area contributed by atoms with Crippen LogP contribution in [0.1, 0.15) is 10.4 Å². The van der Waals surface area contributed by atoms with Crippen LogP contribution in [0, 0.1) is 0 Å². The summed E-state index contributed by atoms with van der Waals surface area (Å²) in [6.07, 6.45) is 4.62. The van der Waals surface area contributed by atoms with E-state index in [0.29, 0.717) is 17.0 Å². The third-order valence-electron chi connectivity index (χ3n) is 2.29. The van der Waals surface area contributed by atoms with Crippen molar-refractivity contribution in [2.75, 3.05) is 7.11 Å². The van der Waals surface area contributed by atoms with Crippen molar-refractivity contribution in [3.63, 3.8) is 0 Å². The van der Waals surface area contributed by atoms with E-state index < -0.39 is 5.97 Å². The van der Waals surface area contributed by atoms with Gasteiger partial charge in [-0.3, -0.25) is 9.97 Å². The van der Waals surface area contributed by atoms with Gasteiger partial charge in [0, 0.05) is 18.0 Å². The molecule has 2 aromatic heterocycles. The molecule has 0 saturated heterocycles. The van der Waals surface area contributed by atoms with Crippen molar-refractivity contribution in [3.8, 4) is 17.0 Å². The summed E-state index contributed by atoms with van der Waals surface area (Å²) in [5.74, 6) is -0.427. The number of rotatable bonds is 3. The van der Waals surface area contributed by atoms with Crippen molar-refractivity contribution < 1.29 is 14.6 Å². The van der Waals surface area contributed by atoms with Gasteiger partial charge in [-0.05, 0) is 18.2 Å². The Hall–Kier alpha value is -2.43. The molecule has 17 heavy (non-hydrogen) atoms. The molecule has 0 radical (unpaired) electrons. The van der Waals surface area contributed by atoms with Gasteiger partial charge in [0.25, 0.3) is 0 Å². The molecule has 0 fully saturated rings. The molecule has 0 amide bonds. The summed E-state index contributed by atoms with van der Waals surface area (Å²) >= 11 is 0. The SMILES string of the molecule is COc1cnccc1-c1cc(C(=O)O)ccn1. The molecule has 86 valence electrons. The molecule has 1 N–H and O–H groups in total. The number of carboxylic acid groups (broad SMARTS) is 1. The minimum atomic E-state index is -0.985. The number of pyridine rings is 2. The molecule has 0 aromatic carbocycles. The smallest absolute Gasteiger partial charge is 0.335 e. The summed E-state index contributed by atoms with van der Waals surface area (Å²) in [5.41, 5.74) is 1.45. The van der Waals surface area contributed by atoms with E-state index in [1.165, 1.54) is 25.4 Å². The zero-order valence-corrected chi connectivity index (χ0v) is 9.12. The molecule has 0 aliphatic heterocycles. The van der Waals surface area contributed by atoms with Crippen LogP contribution in [0.15, 0.2) is 36.8 Å². The molecule has 5 heteroatoms. The summed E-state index contributed by atoms with van der Waals surface area (Å²) in [5, 5.41) is 8.91. The largest absolute Gasteiger partial charge is 0.494 e. The molecule has 0 atom stereocenters. The first kappa shape index (κ1) is 11.1. The van der Waals surface area contributed by atoms with Crippen molar-refractivity contribution in [1.82, 2.24) is 9.97 Å². The fraction of sp³-hybridized carbons (Fsp3) is 0.0833. The lowest BCUT2D eigenvalue weighted by Gasteiger charge is -2.07. The minimum Gasteiger partial charge on any atom is -0.494 e. The van der Waals surface area contributed by atoms with Crippen LogP contribution in [0.4, 0.5) is 0 Å². The van der Waals surface area contributed by atoms with Crippen LogP contribution >= 0.6 is 0 Å². The van der Waals surface area contributed by atoms with E-state index in [-0.39, 0.29) is 5.56 Å². The standard InChI is InChI=1S/C12H10N2O3/c1-17-11-7-13-4-3-9(11)10-6-8(12(15)16)2-5-14-10/h2-7H,1H3,(H,15,16). The van der Waals surface area contributed by atoms with Crippen LogP contribution in [0.3, 0.4) is 0 Å². The lowest BCUT2D eigenvalue weighted by Crippen LogP contribution is -1.98. The molecule has 2 heterocycles. The molecule has 2 aromatic rings. The van der Waals surface area contributed by atoms with Gasteiger partial charge in [-0.1, -0.05) is 0 Å². The maximum absolute atomic E-state index is 10.9. The number of nitrogens with zero attached hydrogens (tertiary/aromatic N) is 2. The first-order valence-corrected chi connectivity index (χ1v) is 4.90. The lowest BCUT2D eigenvalue weighted by molar-refractivity contribution is 0.0697. The van der Waals surface area contributed by atoms with Gasteiger partial charge in [0.15, 0.2) is 0 Å². The molecule has 0 aliphatic carbocycles. The number of aromatic nitrogens is 2. The molecule has 0 bridgehead atoms. The van der Waals surface area contributed by atoms with Crippen LogP contribution in [0.25, 0.3) is 11.3 Å². The first-order valence-electron chi connectivity index (χ1n) is 4.90. The highest BCUT2D eigenvalue weighted by atomic mass is 16.5. The highest BCUT2D eigenvalue weighted by Crippen LogP contribution is 2.27. The predicted molar refractivity (Wildman–Crippen MR) is 61.0 cm³/mol. The van der Waals surface area contributed by atoms with Gasteiger partial charge >= 0.3 is 5.97 Å². The Morgan fingerprint density at radius 3 is 2.88 bits per heavy atom. The molecule has 0 aliphatic rings. The van der Waals surface area contributed by atoms with Crippen LogP contribution < -0.4 is 4.74 Å². The molecule has 0 spiro atoms. The van der Waals surface area contributed by atoms with Gasteiger partial charge in [0.1, 0.15) is 5.75 Å². The van der Waals surface area contributed by atoms with Crippen LogP contribution in [-0.4, -0.2) is 28.2 Å². The van der Waals surface area contributed by atoms with Crippen LogP contribution in [0.5, 0.6) is 5.75 Å². The quantitative estimate of drug-likeness (QED) is 0.871. The Kier molecular flexibility index (Phi) is 3.00. The summed E-state index contributed by atoms with van der Waals surface area (Å²) in [6, 6.07) is 4.67. The number of carbonyl (C=O) groups is 1. The molecule has 5 nitrogen and oxygen atoms in total. The van der Waals surface area contributed by atoms with Crippen molar-refractivity contribution in [2.45, 2.75) is 0 Å². The average Bonchev–Trinajstić information content (AvgIpc) is 2.39. The highest BCUT2D eigenvalue weighted by molar-refractivity contribution is 5.89. The fourth-order valence-corrected chi connectivity index (χ4v) is 1.47. The van der Waals surface area contributed by atoms with E-state index in [0.717, 1.165) is 0 Å². The normalized spacial score (nSPS) is 9.94. The Morgan fingerprint density at radius 1 is 1.35 bits per heavy atom. The van der Waals surface area contributed by atoms with E-state index in [9.17, 15) is 4.79 Å². The van der Waals surface area contributed by atoms with E-state index in [1.807, 2.05) is 0 Å². The maximum atomic E-state index is 10.9. The fourth-order valence-electron chi connectivity index (χ4n) is 1.47. The average molecular weight is 230 g/mol. The van der Waals surface area contributed by atoms with Gasteiger partial charge in [-0.25, -0.2) is 4.79 Å². The van der Waals surface area contributed by atoms with Crippen LogP contribution in [0.2, 0.25) is 0 Å². The Balaban J connectivity index is 2.52. The van der Waals surface area contributed by atoms with E-state index in [1.54, 1.807) is 18.5 Å². The van der Waals surface area contributed by atoms with Gasteiger partial charge in [-0.15, -0.1) is 0 Å². The number of ether oxygens (including phenoxy) is 1. The summed E-state index contributed by atoms with van der Waals surface area (Å²) in [7, 11) is 1.53. The van der Waals surface area contributed by atoms with Gasteiger partial charge in [-0.2, -0.15) is 0 Å². The summed E-state index contributed by atoms with van der Waals surface area (Å²) in [4.78, 5) is 18.9. The Bertz CT molecular complexity index is 555. The van der Waals surface area contributed by atoms with Gasteiger partial charge in [0.2, 0.25) is 0 Å². The number of methoxy groups -OCH3 is 1. The number of hydrogen-bond donors (Lipinski definition) is 1. The summed E-state index contributed by atoms with van der Waals surface area (Å²) < 4.78 is 5.15. The zero-order valence-electron chi connectivity index (χ0n) is 9.12. The van der Waals surface area contributed by atoms with E-state index in [2.05, 4.69) is 9.97 Å². The second-order valence-corrected chi connectivity index (χ2v) is 3.31. The first-order chi connectivity index (χ1) is 8.22. The molecular weight excluding hydrogens is 220 g/mol. The van der Waals surface area contributed by atoms with Crippen molar-refractivity contribution in [3.05, 3.63) is 42.4 Å². The second-order valence-electron chi connectivity index (χ2n) is 3.31. The number of carboxylic acids is 1. The summed E-state index contributed by atoms with van der Waals surface area (Å²) in [6.45, 7) is 0. The van der Waals surface area contributed by atoms with E-state index >= 15 is 0 Å². The lowest BCUT2D eigenvalue weighted by atomic mass is 10.1. The monoisotopic (exact) mass is 230 g/mol. The number of hydrogen-bond acceptors (Lipinski definition) is 4. The van der Waals surface area contributed by atoms with Crippen molar-refractivity contribution in [2.24, 2.45) is 0 Å². The Labute approximate surface area is 97.7 Å². The zero-order chi connectivity index (χ0) is 12.3. The van der Waals surface area contributed by atoms with Crippen molar-refractivity contribution >= 4 is 5.97 Å². The topological polar surface area (TPSA) is 72.3 Å². The highest BCUT2D eigenvalue weighted by Gasteiger charge is 2.09. The second kappa shape index (κ2) is 4.61. The third kappa shape index (κ3) is 2.23. The van der Waals surface area contributed by atoms with Crippen molar-refractivity contribution in [1.29, 1.82) is 0 Å². The minimum absolute atomic E-state index is 0.189. The van der Waals surface area contributed by atoms with Crippen LogP contribution in [-0.2, 0) is 0 Å². The number of aromatic carboxylic acids is 1. The molecule has 0 unspecified atom stereocenters. The van der Waals surface area contributed by atoms with Gasteiger partial charge < -0.3 is 9.84 Å². The van der Waals surface area contributed by atoms with E-state index in [4.69, 9.17) is 9.84 Å². The predicted octanol–water partition coefficient (Wildman–Crippen LogP) is 1.85.